The minimum Gasteiger partial charge on any atom is -0.335 e. The molecule has 0 saturated carbocycles. The maximum atomic E-state index is 5.15. The van der Waals surface area contributed by atoms with Crippen LogP contribution in [0, 0.1) is 12.3 Å². The van der Waals surface area contributed by atoms with Crippen LogP contribution >= 0.6 is 0 Å². The Bertz CT molecular complexity index is 255. The molecule has 1 heterocycles. The van der Waals surface area contributed by atoms with Gasteiger partial charge in [0.25, 0.3) is 0 Å². The molecule has 0 aliphatic heterocycles. The van der Waals surface area contributed by atoms with Crippen LogP contribution < -0.4 is 0 Å². The quantitative estimate of drug-likeness (QED) is 0.593. The van der Waals surface area contributed by atoms with Crippen LogP contribution in [0.2, 0.25) is 0 Å². The fourth-order valence-electron chi connectivity index (χ4n) is 1.04. The minimum absolute atomic E-state index is 0.775. The van der Waals surface area contributed by atoms with Gasteiger partial charge in [-0.25, -0.2) is 4.98 Å². The van der Waals surface area contributed by atoms with Gasteiger partial charge in [0.1, 0.15) is 5.82 Å². The van der Waals surface area contributed by atoms with Crippen molar-refractivity contribution in [2.75, 3.05) is 0 Å². The lowest BCUT2D eigenvalue weighted by Gasteiger charge is -2.00. The first-order chi connectivity index (χ1) is 5.38. The second-order valence-corrected chi connectivity index (χ2v) is 2.33. The number of rotatable bonds is 3. The van der Waals surface area contributed by atoms with Crippen LogP contribution in [0.15, 0.2) is 12.4 Å². The van der Waals surface area contributed by atoms with E-state index < -0.39 is 0 Å². The molecule has 0 radical (unpaired) electrons. The van der Waals surface area contributed by atoms with Gasteiger partial charge in [0.15, 0.2) is 0 Å². The van der Waals surface area contributed by atoms with E-state index in [1.165, 1.54) is 0 Å². The first kappa shape index (κ1) is 7.87. The molecule has 2 heteroatoms. The summed E-state index contributed by atoms with van der Waals surface area (Å²) in [6.45, 7) is 3.07. The third-order valence-electron chi connectivity index (χ3n) is 1.64. The van der Waals surface area contributed by atoms with Crippen LogP contribution in [-0.2, 0) is 13.0 Å². The molecular formula is C9H12N2. The molecule has 1 aromatic heterocycles. The van der Waals surface area contributed by atoms with Gasteiger partial charge in [0.05, 0.1) is 0 Å². The van der Waals surface area contributed by atoms with Crippen molar-refractivity contribution >= 4 is 0 Å². The summed E-state index contributed by atoms with van der Waals surface area (Å²) in [5.41, 5.74) is 0. The Balaban J connectivity index is 2.62. The lowest BCUT2D eigenvalue weighted by atomic mass is 10.3. The van der Waals surface area contributed by atoms with Gasteiger partial charge in [0, 0.05) is 31.8 Å². The Morgan fingerprint density at radius 2 is 2.55 bits per heavy atom. The number of nitrogens with zero attached hydrogens (tertiary/aromatic N) is 2. The van der Waals surface area contributed by atoms with Crippen molar-refractivity contribution in [3.63, 3.8) is 0 Å². The molecule has 0 bridgehead atoms. The van der Waals surface area contributed by atoms with Crippen molar-refractivity contribution in [3.05, 3.63) is 18.2 Å². The largest absolute Gasteiger partial charge is 0.335 e. The fourth-order valence-corrected chi connectivity index (χ4v) is 1.04. The van der Waals surface area contributed by atoms with Crippen LogP contribution in [0.5, 0.6) is 0 Å². The van der Waals surface area contributed by atoms with E-state index in [2.05, 4.69) is 22.4 Å². The van der Waals surface area contributed by atoms with Gasteiger partial charge in [-0.3, -0.25) is 0 Å². The minimum atomic E-state index is 0.775. The summed E-state index contributed by atoms with van der Waals surface area (Å²) in [5.74, 6) is 3.69. The number of hydrogen-bond acceptors (Lipinski definition) is 1. The van der Waals surface area contributed by atoms with Gasteiger partial charge in [-0.1, -0.05) is 0 Å². The molecule has 0 amide bonds. The van der Waals surface area contributed by atoms with Crippen molar-refractivity contribution in [2.45, 2.75) is 26.3 Å². The lowest BCUT2D eigenvalue weighted by Crippen LogP contribution is -1.99. The van der Waals surface area contributed by atoms with E-state index in [1.807, 2.05) is 12.4 Å². The molecule has 0 N–H and O–H groups in total. The summed E-state index contributed by atoms with van der Waals surface area (Å²) in [6, 6.07) is 0. The van der Waals surface area contributed by atoms with Gasteiger partial charge >= 0.3 is 0 Å². The molecular weight excluding hydrogens is 136 g/mol. The van der Waals surface area contributed by atoms with Gasteiger partial charge in [-0.05, 0) is 6.92 Å². The summed E-state index contributed by atoms with van der Waals surface area (Å²) in [6.07, 6.45) is 10.6. The zero-order valence-electron chi connectivity index (χ0n) is 6.75. The van der Waals surface area contributed by atoms with E-state index in [9.17, 15) is 0 Å². The molecule has 0 aromatic carbocycles. The van der Waals surface area contributed by atoms with Crippen molar-refractivity contribution in [3.8, 4) is 12.3 Å². The molecule has 0 spiro atoms. The van der Waals surface area contributed by atoms with Gasteiger partial charge < -0.3 is 4.57 Å². The highest BCUT2D eigenvalue weighted by molar-refractivity contribution is 4.96. The SMILES string of the molecule is C#CCCc1nccn1CC. The summed E-state index contributed by atoms with van der Waals surface area (Å²) >= 11 is 0. The predicted octanol–water partition coefficient (Wildman–Crippen LogP) is 1.47. The number of terminal acetylenes is 1. The molecule has 0 aliphatic carbocycles. The van der Waals surface area contributed by atoms with Crippen LogP contribution in [-0.4, -0.2) is 9.55 Å². The van der Waals surface area contributed by atoms with Gasteiger partial charge in [-0.15, -0.1) is 12.3 Å². The highest BCUT2D eigenvalue weighted by Gasteiger charge is 1.97. The summed E-state index contributed by atoms with van der Waals surface area (Å²) in [7, 11) is 0. The van der Waals surface area contributed by atoms with Gasteiger partial charge in [0.2, 0.25) is 0 Å². The van der Waals surface area contributed by atoms with Crippen LogP contribution in [0.3, 0.4) is 0 Å². The van der Waals surface area contributed by atoms with E-state index >= 15 is 0 Å². The number of hydrogen-bond donors (Lipinski definition) is 0. The topological polar surface area (TPSA) is 17.8 Å². The third-order valence-corrected chi connectivity index (χ3v) is 1.64. The third kappa shape index (κ3) is 1.84. The molecule has 11 heavy (non-hydrogen) atoms. The monoisotopic (exact) mass is 148 g/mol. The van der Waals surface area contributed by atoms with Crippen LogP contribution in [0.1, 0.15) is 19.2 Å². The number of aromatic nitrogens is 2. The van der Waals surface area contributed by atoms with Crippen molar-refractivity contribution in [1.29, 1.82) is 0 Å². The van der Waals surface area contributed by atoms with Crippen LogP contribution in [0.25, 0.3) is 0 Å². The highest BCUT2D eigenvalue weighted by Crippen LogP contribution is 1.99. The highest BCUT2D eigenvalue weighted by atomic mass is 15.0. The Hall–Kier alpha value is -1.23. The molecule has 58 valence electrons. The van der Waals surface area contributed by atoms with Crippen LogP contribution in [0.4, 0.5) is 0 Å². The smallest absolute Gasteiger partial charge is 0.109 e. The molecule has 1 rings (SSSR count). The Labute approximate surface area is 67.3 Å². The average molecular weight is 148 g/mol. The predicted molar refractivity (Wildman–Crippen MR) is 45.1 cm³/mol. The van der Waals surface area contributed by atoms with E-state index in [-0.39, 0.29) is 0 Å². The van der Waals surface area contributed by atoms with Crippen molar-refractivity contribution in [2.24, 2.45) is 0 Å². The number of imidazole rings is 1. The lowest BCUT2D eigenvalue weighted by molar-refractivity contribution is 0.695. The van der Waals surface area contributed by atoms with E-state index in [4.69, 9.17) is 6.42 Å². The second kappa shape index (κ2) is 3.82. The van der Waals surface area contributed by atoms with E-state index in [0.717, 1.165) is 25.2 Å². The maximum absolute atomic E-state index is 5.15. The Kier molecular flexibility index (Phi) is 2.74. The zero-order chi connectivity index (χ0) is 8.10. The van der Waals surface area contributed by atoms with E-state index in [0.29, 0.717) is 0 Å². The molecule has 0 atom stereocenters. The zero-order valence-corrected chi connectivity index (χ0v) is 6.75. The Morgan fingerprint density at radius 3 is 3.18 bits per heavy atom. The van der Waals surface area contributed by atoms with E-state index in [1.54, 1.807) is 0 Å². The number of aryl methyl sites for hydroxylation is 2. The standard InChI is InChI=1S/C9H12N2/c1-3-5-6-9-10-7-8-11(9)4-2/h1,7-8H,4-6H2,2H3. The summed E-state index contributed by atoms with van der Waals surface area (Å²) in [4.78, 5) is 4.19. The van der Waals surface area contributed by atoms with Crippen molar-refractivity contribution in [1.82, 2.24) is 9.55 Å². The molecule has 0 fully saturated rings. The first-order valence-electron chi connectivity index (χ1n) is 3.82. The van der Waals surface area contributed by atoms with Crippen molar-refractivity contribution < 1.29 is 0 Å². The second-order valence-electron chi connectivity index (χ2n) is 2.33. The Morgan fingerprint density at radius 1 is 1.73 bits per heavy atom. The molecule has 0 unspecified atom stereocenters. The fraction of sp³-hybridized carbons (Fsp3) is 0.444. The summed E-state index contributed by atoms with van der Waals surface area (Å²) < 4.78 is 2.11. The summed E-state index contributed by atoms with van der Waals surface area (Å²) in [5, 5.41) is 0. The maximum Gasteiger partial charge on any atom is 0.109 e. The molecule has 2 nitrogen and oxygen atoms in total. The van der Waals surface area contributed by atoms with Gasteiger partial charge in [-0.2, -0.15) is 0 Å². The first-order valence-corrected chi connectivity index (χ1v) is 3.82. The normalized spacial score (nSPS) is 9.45. The average Bonchev–Trinajstić information content (AvgIpc) is 2.47. The molecule has 0 saturated heterocycles. The molecule has 1 aromatic rings. The molecule has 0 aliphatic rings.